The molecule has 0 fully saturated rings. The monoisotopic (exact) mass is 444 g/mol. The second-order valence-corrected chi connectivity index (χ2v) is 5.09. The Morgan fingerprint density at radius 3 is 2.24 bits per heavy atom. The average molecular weight is 444 g/mol. The van der Waals surface area contributed by atoms with Gasteiger partial charge < -0.3 is 0 Å². The van der Waals surface area contributed by atoms with Crippen molar-refractivity contribution in [2.45, 2.75) is 0 Å². The molecular weight excluding hydrogens is 431 g/mol. The topological polar surface area (TPSA) is 15.8 Å². The Morgan fingerprint density at radius 2 is 1.43 bits per heavy atom. The van der Waals surface area contributed by atoms with E-state index in [1.807, 2.05) is 6.07 Å². The standard InChI is InChI=1S/C18H12N.Be.Ir/c1-2-6-13(7-3-1)14-10-11-18-16(12-14)15-8-4-5-9-17(15)19-18;;/h1-9,11-12,19H;;/q;+1;+3. The van der Waals surface area contributed by atoms with Crippen LogP contribution in [0, 0.1) is 0 Å². The zero-order chi connectivity index (χ0) is 13.5. The molecule has 0 atom stereocenters. The molecule has 0 aliphatic carbocycles. The summed E-state index contributed by atoms with van der Waals surface area (Å²) < 4.78 is 0. The fourth-order valence-corrected chi connectivity index (χ4v) is 2.83. The predicted molar refractivity (Wildman–Crippen MR) is 86.6 cm³/mol. The van der Waals surface area contributed by atoms with E-state index in [-0.39, 0.29) is 20.1 Å². The third kappa shape index (κ3) is 2.36. The van der Waals surface area contributed by atoms with Crippen LogP contribution in [-0.4, -0.2) is 14.4 Å². The molecule has 0 radical (unpaired) electrons. The van der Waals surface area contributed by atoms with Gasteiger partial charge >= 0.3 is 139 Å². The molecule has 0 unspecified atom stereocenters. The van der Waals surface area contributed by atoms with E-state index in [2.05, 4.69) is 75.1 Å². The first-order chi connectivity index (χ1) is 9.83. The first-order valence-electron chi connectivity index (χ1n) is 6.75. The fraction of sp³-hybridized carbons (Fsp3) is 0. The Hall–Kier alpha value is -1.72. The summed E-state index contributed by atoms with van der Waals surface area (Å²) >= 11 is 0. The van der Waals surface area contributed by atoms with Gasteiger partial charge in [0.05, 0.1) is 0 Å². The number of hydrogen-bond donors (Lipinski definition) is 1. The van der Waals surface area contributed by atoms with Gasteiger partial charge in [0.1, 0.15) is 0 Å². The Labute approximate surface area is 139 Å². The number of hydrogen-bond acceptors (Lipinski definition) is 0. The van der Waals surface area contributed by atoms with Gasteiger partial charge in [-0.15, -0.1) is 0 Å². The summed E-state index contributed by atoms with van der Waals surface area (Å²) in [7, 11) is 4.20. The maximum Gasteiger partial charge on any atom is 3.00 e. The van der Waals surface area contributed by atoms with Gasteiger partial charge in [-0.3, -0.25) is 0 Å². The minimum Gasteiger partial charge on any atom is 3.00 e. The van der Waals surface area contributed by atoms with Crippen molar-refractivity contribution in [2.75, 3.05) is 0 Å². The Bertz CT molecular complexity index is 912. The zero-order valence-electron chi connectivity index (χ0n) is 11.4. The van der Waals surface area contributed by atoms with E-state index in [4.69, 9.17) is 0 Å². The van der Waals surface area contributed by atoms with Crippen molar-refractivity contribution in [1.29, 1.82) is 0 Å². The molecule has 1 N–H and O–H groups in total. The van der Waals surface area contributed by atoms with Gasteiger partial charge in [0, 0.05) is 0 Å². The number of rotatable bonds is 1. The van der Waals surface area contributed by atoms with Gasteiger partial charge in [-0.25, -0.2) is 0 Å². The third-order valence-electron chi connectivity index (χ3n) is 3.81. The number of aromatic amines is 1. The SMILES string of the molecule is [Be+][c]1cc2[nH]c3ccccc3c2cc1-c1ccccc1.[Ir+3]. The Kier molecular flexibility index (Phi) is 3.78. The van der Waals surface area contributed by atoms with Gasteiger partial charge in [0.2, 0.25) is 0 Å². The molecule has 3 aromatic carbocycles. The number of H-pyrrole nitrogens is 1. The molecule has 1 aromatic heterocycles. The molecule has 3 heteroatoms. The van der Waals surface area contributed by atoms with Crippen LogP contribution in [-0.2, 0) is 20.1 Å². The molecule has 96 valence electrons. The van der Waals surface area contributed by atoms with E-state index in [9.17, 15) is 0 Å². The maximum atomic E-state index is 4.20. The van der Waals surface area contributed by atoms with Crippen LogP contribution in [0.25, 0.3) is 32.9 Å². The smallest absolute Gasteiger partial charge is 3.00 e. The molecule has 0 amide bonds. The minimum atomic E-state index is 0. The summed E-state index contributed by atoms with van der Waals surface area (Å²) in [4.78, 5) is 3.46. The number of benzene rings is 3. The molecule has 21 heavy (non-hydrogen) atoms. The van der Waals surface area contributed by atoms with Crippen LogP contribution in [0.2, 0.25) is 0 Å². The van der Waals surface area contributed by atoms with Crippen molar-refractivity contribution >= 4 is 36.5 Å². The third-order valence-corrected chi connectivity index (χ3v) is 3.81. The van der Waals surface area contributed by atoms with Crippen molar-refractivity contribution in [2.24, 2.45) is 0 Å². The molecule has 0 aliphatic heterocycles. The Morgan fingerprint density at radius 1 is 0.714 bits per heavy atom. The van der Waals surface area contributed by atoms with Crippen LogP contribution in [0.1, 0.15) is 0 Å². The van der Waals surface area contributed by atoms with E-state index in [1.165, 1.54) is 27.4 Å². The summed E-state index contributed by atoms with van der Waals surface area (Å²) in [6.07, 6.45) is 0. The molecule has 0 saturated carbocycles. The largest absolute Gasteiger partial charge is 3.00 e. The van der Waals surface area contributed by atoms with Crippen LogP contribution < -0.4 is 5.28 Å². The van der Waals surface area contributed by atoms with E-state index < -0.39 is 0 Å². The Balaban J connectivity index is 0.00000132. The number of para-hydroxylation sites is 1. The van der Waals surface area contributed by atoms with Crippen molar-refractivity contribution in [3.05, 3.63) is 66.7 Å². The van der Waals surface area contributed by atoms with E-state index >= 15 is 0 Å². The summed E-state index contributed by atoms with van der Waals surface area (Å²) in [5, 5.41) is 3.57. The minimum absolute atomic E-state index is 0. The maximum absolute atomic E-state index is 4.20. The number of aromatic nitrogens is 1. The quantitative estimate of drug-likeness (QED) is 0.431. The molecule has 4 rings (SSSR count). The van der Waals surface area contributed by atoms with E-state index in [0.29, 0.717) is 0 Å². The zero-order valence-corrected chi connectivity index (χ0v) is 13.8. The number of nitrogens with one attached hydrogen (secondary N) is 1. The van der Waals surface area contributed by atoms with Gasteiger partial charge in [0.25, 0.3) is 0 Å². The van der Waals surface area contributed by atoms with Gasteiger partial charge in [0.15, 0.2) is 0 Å². The molecule has 1 heterocycles. The second kappa shape index (κ2) is 5.58. The van der Waals surface area contributed by atoms with Crippen molar-refractivity contribution in [3.8, 4) is 11.1 Å². The van der Waals surface area contributed by atoms with Gasteiger partial charge in [-0.1, -0.05) is 0 Å². The molecule has 0 bridgehead atoms. The van der Waals surface area contributed by atoms with Crippen molar-refractivity contribution < 1.29 is 20.1 Å². The van der Waals surface area contributed by atoms with Crippen LogP contribution in [0.4, 0.5) is 0 Å². The normalized spacial score (nSPS) is 10.8. The summed E-state index contributed by atoms with van der Waals surface area (Å²) in [5.74, 6) is 0. The van der Waals surface area contributed by atoms with E-state index in [1.54, 1.807) is 0 Å². The van der Waals surface area contributed by atoms with Crippen molar-refractivity contribution in [3.63, 3.8) is 0 Å². The van der Waals surface area contributed by atoms with Gasteiger partial charge in [-0.2, -0.15) is 0 Å². The molecule has 0 spiro atoms. The molecule has 0 aliphatic rings. The van der Waals surface area contributed by atoms with Crippen LogP contribution >= 0.6 is 0 Å². The van der Waals surface area contributed by atoms with Crippen molar-refractivity contribution in [1.82, 2.24) is 4.98 Å². The predicted octanol–water partition coefficient (Wildman–Crippen LogP) is 3.78. The number of fused-ring (bicyclic) bond motifs is 3. The van der Waals surface area contributed by atoms with Crippen LogP contribution in [0.5, 0.6) is 0 Å². The molecule has 4 aromatic rings. The average Bonchev–Trinajstić information content (AvgIpc) is 2.84. The second-order valence-electron chi connectivity index (χ2n) is 5.09. The first-order valence-corrected chi connectivity index (χ1v) is 6.75. The molecular formula is C18H12BeIrN+4. The van der Waals surface area contributed by atoms with Crippen LogP contribution in [0.15, 0.2) is 66.7 Å². The fourth-order valence-electron chi connectivity index (χ4n) is 2.83. The molecule has 1 nitrogen and oxygen atoms in total. The summed E-state index contributed by atoms with van der Waals surface area (Å²) in [6.45, 7) is 0. The van der Waals surface area contributed by atoms with Gasteiger partial charge in [-0.05, 0) is 0 Å². The summed E-state index contributed by atoms with van der Waals surface area (Å²) in [5.41, 5.74) is 4.73. The first kappa shape index (κ1) is 14.2. The summed E-state index contributed by atoms with van der Waals surface area (Å²) in [6, 6.07) is 23.2. The molecule has 0 saturated heterocycles. The van der Waals surface area contributed by atoms with E-state index in [0.717, 1.165) is 10.8 Å². The van der Waals surface area contributed by atoms with Crippen LogP contribution in [0.3, 0.4) is 0 Å².